The second-order valence-corrected chi connectivity index (χ2v) is 7.09. The molecule has 2 rings (SSSR count). The lowest BCUT2D eigenvalue weighted by Gasteiger charge is -2.14. The van der Waals surface area contributed by atoms with Gasteiger partial charge in [-0.2, -0.15) is 0 Å². The molecule has 0 unspecified atom stereocenters. The molecule has 154 valence electrons. The van der Waals surface area contributed by atoms with Gasteiger partial charge in [-0.05, 0) is 48.0 Å². The van der Waals surface area contributed by atoms with Crippen molar-refractivity contribution in [1.82, 2.24) is 16.2 Å². The van der Waals surface area contributed by atoms with Gasteiger partial charge in [-0.15, -0.1) is 0 Å². The zero-order valence-corrected chi connectivity index (χ0v) is 17.5. The summed E-state index contributed by atoms with van der Waals surface area (Å²) in [5.74, 6) is 0.798. The summed E-state index contributed by atoms with van der Waals surface area (Å²) in [5.41, 5.74) is 6.17. The third kappa shape index (κ3) is 7.42. The first-order valence-electron chi connectivity index (χ1n) is 9.14. The maximum Gasteiger partial charge on any atom is 0.261 e. The quantitative estimate of drug-likeness (QED) is 0.476. The average Bonchev–Trinajstić information content (AvgIpc) is 2.71. The topological polar surface area (TPSA) is 88.7 Å². The van der Waals surface area contributed by atoms with Gasteiger partial charge in [0.2, 0.25) is 5.91 Å². The van der Waals surface area contributed by atoms with Crippen molar-refractivity contribution < 1.29 is 19.1 Å². The standard InChI is InChI=1S/C21H25N3O4S/c1-14(2)13-28-18-7-5-4-6-17(18)20(26)22-21(29)24-23-19(25)12-15-8-10-16(27-3)11-9-15/h4-11,14H,12-13H2,1-3H3,(H,23,25)(H2,22,24,26,29). The van der Waals surface area contributed by atoms with Crippen LogP contribution in [0.1, 0.15) is 29.8 Å². The molecule has 0 bridgehead atoms. The van der Waals surface area contributed by atoms with E-state index in [-0.39, 0.29) is 17.4 Å². The molecule has 29 heavy (non-hydrogen) atoms. The monoisotopic (exact) mass is 415 g/mol. The molecule has 0 aliphatic carbocycles. The first-order valence-corrected chi connectivity index (χ1v) is 9.54. The largest absolute Gasteiger partial charge is 0.497 e. The number of rotatable bonds is 7. The minimum absolute atomic E-state index is 0.0169. The van der Waals surface area contributed by atoms with Crippen LogP contribution >= 0.6 is 12.2 Å². The van der Waals surface area contributed by atoms with Crippen LogP contribution < -0.4 is 25.6 Å². The molecule has 2 aromatic rings. The van der Waals surface area contributed by atoms with Gasteiger partial charge in [0.15, 0.2) is 5.11 Å². The van der Waals surface area contributed by atoms with Crippen LogP contribution in [0.4, 0.5) is 0 Å². The normalized spacial score (nSPS) is 10.2. The van der Waals surface area contributed by atoms with E-state index in [1.165, 1.54) is 0 Å². The molecule has 0 atom stereocenters. The van der Waals surface area contributed by atoms with Gasteiger partial charge in [-0.1, -0.05) is 38.1 Å². The minimum atomic E-state index is -0.425. The minimum Gasteiger partial charge on any atom is -0.497 e. The van der Waals surface area contributed by atoms with Gasteiger partial charge in [0.05, 0.1) is 25.7 Å². The zero-order chi connectivity index (χ0) is 21.2. The predicted molar refractivity (Wildman–Crippen MR) is 115 cm³/mol. The Bertz CT molecular complexity index is 853. The maximum absolute atomic E-state index is 12.5. The second-order valence-electron chi connectivity index (χ2n) is 6.68. The van der Waals surface area contributed by atoms with Crippen molar-refractivity contribution in [3.8, 4) is 11.5 Å². The number of benzene rings is 2. The lowest BCUT2D eigenvalue weighted by atomic mass is 10.1. The molecule has 0 aliphatic heterocycles. The molecular formula is C21H25N3O4S. The fraction of sp³-hybridized carbons (Fsp3) is 0.286. The highest BCUT2D eigenvalue weighted by Gasteiger charge is 2.14. The van der Waals surface area contributed by atoms with Gasteiger partial charge >= 0.3 is 0 Å². The summed E-state index contributed by atoms with van der Waals surface area (Å²) < 4.78 is 10.8. The SMILES string of the molecule is COc1ccc(CC(=O)NNC(=S)NC(=O)c2ccccc2OCC(C)C)cc1. The summed E-state index contributed by atoms with van der Waals surface area (Å²) in [6.07, 6.45) is 0.152. The van der Waals surface area contributed by atoms with Crippen molar-refractivity contribution in [1.29, 1.82) is 0 Å². The molecule has 0 spiro atoms. The molecule has 3 N–H and O–H groups in total. The van der Waals surface area contributed by atoms with E-state index >= 15 is 0 Å². The number of carbonyl (C=O) groups excluding carboxylic acids is 2. The smallest absolute Gasteiger partial charge is 0.261 e. The van der Waals surface area contributed by atoms with Crippen molar-refractivity contribution in [3.05, 3.63) is 59.7 Å². The first-order chi connectivity index (χ1) is 13.9. The number of ether oxygens (including phenoxy) is 2. The lowest BCUT2D eigenvalue weighted by molar-refractivity contribution is -0.121. The van der Waals surface area contributed by atoms with Crippen molar-refractivity contribution >= 4 is 29.1 Å². The fourth-order valence-electron chi connectivity index (χ4n) is 2.34. The Kier molecular flexibility index (Phi) is 8.42. The van der Waals surface area contributed by atoms with Crippen LogP contribution in [0, 0.1) is 5.92 Å². The number of hydrogen-bond acceptors (Lipinski definition) is 5. The second kappa shape index (κ2) is 11.0. The molecular weight excluding hydrogens is 390 g/mol. The summed E-state index contributed by atoms with van der Waals surface area (Å²) in [6, 6.07) is 14.1. The summed E-state index contributed by atoms with van der Waals surface area (Å²) in [5, 5.41) is 2.51. The Labute approximate surface area is 175 Å². The van der Waals surface area contributed by atoms with Gasteiger partial charge < -0.3 is 9.47 Å². The first kappa shape index (κ1) is 22.2. The number of thiocarbonyl (C=S) groups is 1. The van der Waals surface area contributed by atoms with E-state index in [0.29, 0.717) is 29.6 Å². The molecule has 0 radical (unpaired) electrons. The molecule has 0 aliphatic rings. The van der Waals surface area contributed by atoms with E-state index in [9.17, 15) is 9.59 Å². The highest BCUT2D eigenvalue weighted by molar-refractivity contribution is 7.80. The van der Waals surface area contributed by atoms with Crippen LogP contribution in [0.15, 0.2) is 48.5 Å². The number of hydrazine groups is 1. The van der Waals surface area contributed by atoms with Crippen molar-refractivity contribution in [2.24, 2.45) is 5.92 Å². The number of hydrogen-bond donors (Lipinski definition) is 3. The number of methoxy groups -OCH3 is 1. The van der Waals surface area contributed by atoms with Gasteiger partial charge in [-0.25, -0.2) is 0 Å². The van der Waals surface area contributed by atoms with Crippen molar-refractivity contribution in [2.45, 2.75) is 20.3 Å². The van der Waals surface area contributed by atoms with E-state index in [0.717, 1.165) is 5.56 Å². The molecule has 0 saturated heterocycles. The van der Waals surface area contributed by atoms with E-state index < -0.39 is 5.91 Å². The summed E-state index contributed by atoms with van der Waals surface area (Å²) in [7, 11) is 1.58. The van der Waals surface area contributed by atoms with E-state index in [1.807, 2.05) is 13.8 Å². The van der Waals surface area contributed by atoms with Crippen molar-refractivity contribution in [2.75, 3.05) is 13.7 Å². The van der Waals surface area contributed by atoms with Crippen LogP contribution in [-0.2, 0) is 11.2 Å². The summed E-state index contributed by atoms with van der Waals surface area (Å²) in [6.45, 7) is 4.54. The Morgan fingerprint density at radius 2 is 1.72 bits per heavy atom. The number of carbonyl (C=O) groups is 2. The predicted octanol–water partition coefficient (Wildman–Crippen LogP) is 2.61. The Hall–Kier alpha value is -3.13. The zero-order valence-electron chi connectivity index (χ0n) is 16.7. The lowest BCUT2D eigenvalue weighted by Crippen LogP contribution is -2.48. The maximum atomic E-state index is 12.5. The molecule has 7 nitrogen and oxygen atoms in total. The van der Waals surface area contributed by atoms with Gasteiger partial charge in [0.25, 0.3) is 5.91 Å². The molecule has 2 aromatic carbocycles. The molecule has 0 fully saturated rings. The average molecular weight is 416 g/mol. The van der Waals surface area contributed by atoms with Gasteiger partial charge in [-0.3, -0.25) is 25.8 Å². The molecule has 8 heteroatoms. The van der Waals surface area contributed by atoms with Gasteiger partial charge in [0.1, 0.15) is 11.5 Å². The van der Waals surface area contributed by atoms with Gasteiger partial charge in [0, 0.05) is 0 Å². The van der Waals surface area contributed by atoms with E-state index in [1.54, 1.807) is 55.6 Å². The fourth-order valence-corrected chi connectivity index (χ4v) is 2.48. The molecule has 2 amide bonds. The molecule has 0 saturated carbocycles. The molecule has 0 heterocycles. The third-order valence-corrected chi connectivity index (χ3v) is 3.97. The van der Waals surface area contributed by atoms with Crippen LogP contribution in [0.2, 0.25) is 0 Å². The third-order valence-electron chi connectivity index (χ3n) is 3.77. The highest BCUT2D eigenvalue weighted by Crippen LogP contribution is 2.18. The Morgan fingerprint density at radius 1 is 1.03 bits per heavy atom. The summed E-state index contributed by atoms with van der Waals surface area (Å²) in [4.78, 5) is 24.5. The number of amides is 2. The Balaban J connectivity index is 1.84. The Morgan fingerprint density at radius 3 is 2.38 bits per heavy atom. The van der Waals surface area contributed by atoms with Crippen LogP contribution in [-0.4, -0.2) is 30.6 Å². The number of para-hydroxylation sites is 1. The van der Waals surface area contributed by atoms with E-state index in [4.69, 9.17) is 21.7 Å². The van der Waals surface area contributed by atoms with Crippen LogP contribution in [0.5, 0.6) is 11.5 Å². The summed E-state index contributed by atoms with van der Waals surface area (Å²) >= 11 is 5.08. The molecule has 0 aromatic heterocycles. The van der Waals surface area contributed by atoms with E-state index in [2.05, 4.69) is 16.2 Å². The van der Waals surface area contributed by atoms with Crippen molar-refractivity contribution in [3.63, 3.8) is 0 Å². The van der Waals surface area contributed by atoms with Crippen LogP contribution in [0.3, 0.4) is 0 Å². The van der Waals surface area contributed by atoms with Crippen LogP contribution in [0.25, 0.3) is 0 Å². The highest BCUT2D eigenvalue weighted by atomic mass is 32.1. The number of nitrogens with one attached hydrogen (secondary N) is 3.